The number of hydrogen-bond acceptors (Lipinski definition) is 3. The quantitative estimate of drug-likeness (QED) is 0.744. The number of carbonyl (C=O) groups excluding carboxylic acids is 1. The van der Waals surface area contributed by atoms with Crippen LogP contribution in [0, 0.1) is 5.92 Å². The Morgan fingerprint density at radius 2 is 2.31 bits per heavy atom. The van der Waals surface area contributed by atoms with Gasteiger partial charge in [0.05, 0.1) is 12.9 Å². The lowest BCUT2D eigenvalue weighted by atomic mass is 10.2. The first-order valence-corrected chi connectivity index (χ1v) is 5.47. The molecule has 0 atom stereocenters. The number of amides is 1. The summed E-state index contributed by atoms with van der Waals surface area (Å²) in [7, 11) is 1.63. The molecule has 0 unspecified atom stereocenters. The molecule has 1 heterocycles. The van der Waals surface area contributed by atoms with Gasteiger partial charge in [0.1, 0.15) is 0 Å². The van der Waals surface area contributed by atoms with Crippen molar-refractivity contribution in [2.75, 3.05) is 26.8 Å². The van der Waals surface area contributed by atoms with Crippen LogP contribution in [0.25, 0.3) is 0 Å². The number of nitrogens with zero attached hydrogens (tertiary/aromatic N) is 1. The van der Waals surface area contributed by atoms with Gasteiger partial charge in [-0.3, -0.25) is 4.79 Å². The number of rotatable bonds is 6. The molecule has 1 aromatic heterocycles. The Balaban J connectivity index is 2.64. The largest absolute Gasteiger partial charge is 0.459 e. The molecule has 4 heteroatoms. The van der Waals surface area contributed by atoms with E-state index in [0.717, 1.165) is 0 Å². The molecule has 0 radical (unpaired) electrons. The number of furan rings is 1. The highest BCUT2D eigenvalue weighted by molar-refractivity contribution is 5.91. The molecule has 1 amide bonds. The lowest BCUT2D eigenvalue weighted by Gasteiger charge is -2.23. The van der Waals surface area contributed by atoms with Crippen molar-refractivity contribution in [2.45, 2.75) is 13.8 Å². The second kappa shape index (κ2) is 6.33. The van der Waals surface area contributed by atoms with Crippen LogP contribution in [0.2, 0.25) is 0 Å². The molecule has 0 aliphatic heterocycles. The summed E-state index contributed by atoms with van der Waals surface area (Å²) in [6.07, 6.45) is 1.51. The smallest absolute Gasteiger partial charge is 0.289 e. The van der Waals surface area contributed by atoms with Crippen LogP contribution in [0.1, 0.15) is 24.4 Å². The Hall–Kier alpha value is -1.29. The van der Waals surface area contributed by atoms with E-state index in [1.807, 2.05) is 0 Å². The van der Waals surface area contributed by atoms with Crippen molar-refractivity contribution >= 4 is 5.91 Å². The number of methoxy groups -OCH3 is 1. The molecule has 4 nitrogen and oxygen atoms in total. The van der Waals surface area contributed by atoms with Gasteiger partial charge in [-0.1, -0.05) is 13.8 Å². The van der Waals surface area contributed by atoms with Crippen molar-refractivity contribution in [3.05, 3.63) is 24.2 Å². The van der Waals surface area contributed by atoms with E-state index in [1.54, 1.807) is 24.1 Å². The summed E-state index contributed by atoms with van der Waals surface area (Å²) >= 11 is 0. The van der Waals surface area contributed by atoms with Crippen molar-refractivity contribution in [3.63, 3.8) is 0 Å². The maximum Gasteiger partial charge on any atom is 0.289 e. The first-order chi connectivity index (χ1) is 7.65. The van der Waals surface area contributed by atoms with E-state index in [-0.39, 0.29) is 5.91 Å². The van der Waals surface area contributed by atoms with Crippen molar-refractivity contribution < 1.29 is 13.9 Å². The summed E-state index contributed by atoms with van der Waals surface area (Å²) in [5.41, 5.74) is 0. The van der Waals surface area contributed by atoms with E-state index in [2.05, 4.69) is 13.8 Å². The van der Waals surface area contributed by atoms with Gasteiger partial charge in [-0.05, 0) is 18.1 Å². The molecule has 0 aliphatic carbocycles. The van der Waals surface area contributed by atoms with E-state index in [9.17, 15) is 4.79 Å². The van der Waals surface area contributed by atoms with Crippen LogP contribution in [-0.2, 0) is 4.74 Å². The van der Waals surface area contributed by atoms with Crippen LogP contribution >= 0.6 is 0 Å². The zero-order chi connectivity index (χ0) is 12.0. The van der Waals surface area contributed by atoms with Crippen LogP contribution in [0.15, 0.2) is 22.8 Å². The molecular formula is C12H19NO3. The molecule has 90 valence electrons. The molecule has 0 N–H and O–H groups in total. The fourth-order valence-electron chi connectivity index (χ4n) is 1.47. The highest BCUT2D eigenvalue weighted by Gasteiger charge is 2.18. The zero-order valence-electron chi connectivity index (χ0n) is 10.1. The number of ether oxygens (including phenoxy) is 1. The van der Waals surface area contributed by atoms with Crippen molar-refractivity contribution in [1.82, 2.24) is 4.90 Å². The van der Waals surface area contributed by atoms with E-state index in [0.29, 0.717) is 31.4 Å². The standard InChI is InChI=1S/C12H19NO3/c1-10(2)9-13(6-8-15-3)12(14)11-5-4-7-16-11/h4-5,7,10H,6,8-9H2,1-3H3. The third kappa shape index (κ3) is 3.70. The van der Waals surface area contributed by atoms with Gasteiger partial charge in [-0.25, -0.2) is 0 Å². The van der Waals surface area contributed by atoms with E-state index in [4.69, 9.17) is 9.15 Å². The van der Waals surface area contributed by atoms with Gasteiger partial charge in [-0.2, -0.15) is 0 Å². The Labute approximate surface area is 96.2 Å². The van der Waals surface area contributed by atoms with E-state index in [1.165, 1.54) is 6.26 Å². The highest BCUT2D eigenvalue weighted by atomic mass is 16.5. The lowest BCUT2D eigenvalue weighted by molar-refractivity contribution is 0.0641. The maximum atomic E-state index is 12.0. The molecule has 1 rings (SSSR count). The predicted octanol–water partition coefficient (Wildman–Crippen LogP) is 2.02. The predicted molar refractivity (Wildman–Crippen MR) is 61.3 cm³/mol. The third-order valence-electron chi connectivity index (χ3n) is 2.17. The summed E-state index contributed by atoms with van der Waals surface area (Å²) in [5.74, 6) is 0.739. The van der Waals surface area contributed by atoms with Crippen LogP contribution < -0.4 is 0 Å². The zero-order valence-corrected chi connectivity index (χ0v) is 10.1. The summed E-state index contributed by atoms with van der Waals surface area (Å²) < 4.78 is 10.1. The maximum absolute atomic E-state index is 12.0. The van der Waals surface area contributed by atoms with Gasteiger partial charge < -0.3 is 14.1 Å². The topological polar surface area (TPSA) is 42.7 Å². The van der Waals surface area contributed by atoms with Crippen LogP contribution in [0.5, 0.6) is 0 Å². The van der Waals surface area contributed by atoms with Gasteiger partial charge in [0.25, 0.3) is 5.91 Å². The molecule has 0 saturated heterocycles. The van der Waals surface area contributed by atoms with Gasteiger partial charge in [0.15, 0.2) is 5.76 Å². The first kappa shape index (κ1) is 12.8. The molecule has 0 bridgehead atoms. The van der Waals surface area contributed by atoms with E-state index < -0.39 is 0 Å². The van der Waals surface area contributed by atoms with Gasteiger partial charge in [0.2, 0.25) is 0 Å². The molecule has 0 aliphatic rings. The van der Waals surface area contributed by atoms with Crippen LogP contribution in [0.3, 0.4) is 0 Å². The summed E-state index contributed by atoms with van der Waals surface area (Å²) in [6, 6.07) is 3.40. The van der Waals surface area contributed by atoms with Crippen LogP contribution in [-0.4, -0.2) is 37.6 Å². The highest BCUT2D eigenvalue weighted by Crippen LogP contribution is 2.08. The normalized spacial score (nSPS) is 10.8. The Bertz CT molecular complexity index is 306. The number of hydrogen-bond donors (Lipinski definition) is 0. The summed E-state index contributed by atoms with van der Waals surface area (Å²) in [6.45, 7) is 6.00. The van der Waals surface area contributed by atoms with Gasteiger partial charge in [-0.15, -0.1) is 0 Å². The fourth-order valence-corrected chi connectivity index (χ4v) is 1.47. The second-order valence-electron chi connectivity index (χ2n) is 4.12. The minimum atomic E-state index is -0.0734. The lowest BCUT2D eigenvalue weighted by Crippen LogP contribution is -2.36. The van der Waals surface area contributed by atoms with Crippen molar-refractivity contribution in [2.24, 2.45) is 5.92 Å². The molecule has 0 spiro atoms. The van der Waals surface area contributed by atoms with E-state index >= 15 is 0 Å². The Morgan fingerprint density at radius 1 is 1.56 bits per heavy atom. The SMILES string of the molecule is COCCN(CC(C)C)C(=O)c1ccco1. The molecule has 0 aromatic carbocycles. The van der Waals surface area contributed by atoms with Crippen LogP contribution in [0.4, 0.5) is 0 Å². The third-order valence-corrected chi connectivity index (χ3v) is 2.17. The second-order valence-corrected chi connectivity index (χ2v) is 4.12. The summed E-state index contributed by atoms with van der Waals surface area (Å²) in [4.78, 5) is 13.8. The average Bonchev–Trinajstić information content (AvgIpc) is 2.76. The summed E-state index contributed by atoms with van der Waals surface area (Å²) in [5, 5.41) is 0. The van der Waals surface area contributed by atoms with Crippen molar-refractivity contribution in [1.29, 1.82) is 0 Å². The molecule has 0 saturated carbocycles. The molecular weight excluding hydrogens is 206 g/mol. The van der Waals surface area contributed by atoms with Gasteiger partial charge in [0, 0.05) is 20.2 Å². The molecule has 0 fully saturated rings. The first-order valence-electron chi connectivity index (χ1n) is 5.47. The Morgan fingerprint density at radius 3 is 2.81 bits per heavy atom. The van der Waals surface area contributed by atoms with Gasteiger partial charge >= 0.3 is 0 Å². The number of carbonyl (C=O) groups is 1. The fraction of sp³-hybridized carbons (Fsp3) is 0.583. The Kier molecular flexibility index (Phi) is 5.05. The minimum absolute atomic E-state index is 0.0734. The molecule has 16 heavy (non-hydrogen) atoms. The molecule has 1 aromatic rings. The average molecular weight is 225 g/mol. The minimum Gasteiger partial charge on any atom is -0.459 e. The monoisotopic (exact) mass is 225 g/mol. The van der Waals surface area contributed by atoms with Crippen molar-refractivity contribution in [3.8, 4) is 0 Å².